The van der Waals surface area contributed by atoms with Crippen LogP contribution in [0.1, 0.15) is 28.4 Å². The summed E-state index contributed by atoms with van der Waals surface area (Å²) in [4.78, 5) is 24.1. The number of carbonyl (C=O) groups is 2. The molecule has 31 heavy (non-hydrogen) atoms. The van der Waals surface area contributed by atoms with Gasteiger partial charge >= 0.3 is 12.1 Å². The van der Waals surface area contributed by atoms with Crippen LogP contribution in [-0.2, 0) is 11.3 Å². The van der Waals surface area contributed by atoms with Crippen molar-refractivity contribution in [1.29, 1.82) is 0 Å². The molecule has 158 valence electrons. The van der Waals surface area contributed by atoms with Gasteiger partial charge in [-0.1, -0.05) is 48.5 Å². The molecular weight excluding hydrogens is 396 g/mol. The number of hydrogen-bond donors (Lipinski definition) is 1. The number of rotatable bonds is 8. The zero-order valence-corrected chi connectivity index (χ0v) is 17.0. The van der Waals surface area contributed by atoms with Crippen LogP contribution in [0, 0.1) is 0 Å². The van der Waals surface area contributed by atoms with Gasteiger partial charge in [-0.15, -0.1) is 0 Å². The van der Waals surface area contributed by atoms with Crippen molar-refractivity contribution in [3.05, 3.63) is 95.6 Å². The van der Waals surface area contributed by atoms with E-state index < -0.39 is 12.1 Å². The van der Waals surface area contributed by atoms with Crippen molar-refractivity contribution in [2.24, 2.45) is 5.10 Å². The summed E-state index contributed by atoms with van der Waals surface area (Å²) in [6.07, 6.45) is 0.772. The summed E-state index contributed by atoms with van der Waals surface area (Å²) in [5.41, 5.74) is 4.27. The Labute approximate surface area is 180 Å². The summed E-state index contributed by atoms with van der Waals surface area (Å²) in [5, 5.41) is 3.88. The van der Waals surface area contributed by atoms with Gasteiger partial charge < -0.3 is 14.2 Å². The van der Waals surface area contributed by atoms with Gasteiger partial charge in [0.25, 0.3) is 0 Å². The van der Waals surface area contributed by atoms with E-state index in [9.17, 15) is 9.59 Å². The van der Waals surface area contributed by atoms with E-state index in [1.54, 1.807) is 42.5 Å². The minimum atomic E-state index is -0.668. The normalized spacial score (nSPS) is 10.5. The van der Waals surface area contributed by atoms with Crippen molar-refractivity contribution in [3.8, 4) is 11.5 Å². The maximum Gasteiger partial charge on any atom is 0.428 e. The lowest BCUT2D eigenvalue weighted by Crippen LogP contribution is -2.18. The van der Waals surface area contributed by atoms with Crippen LogP contribution in [0.2, 0.25) is 0 Å². The zero-order valence-electron chi connectivity index (χ0n) is 17.0. The largest absolute Gasteiger partial charge is 0.490 e. The molecule has 0 radical (unpaired) electrons. The number of esters is 1. The summed E-state index contributed by atoms with van der Waals surface area (Å²) < 4.78 is 16.1. The van der Waals surface area contributed by atoms with Gasteiger partial charge in [0.05, 0.1) is 18.4 Å². The SMILES string of the molecule is CCOc1cc(/C=N/NC(=O)OCc2ccccc2)ccc1OC(=O)c1ccccc1. The summed E-state index contributed by atoms with van der Waals surface area (Å²) in [5.74, 6) is 0.205. The zero-order chi connectivity index (χ0) is 21.9. The number of benzene rings is 3. The Morgan fingerprint density at radius 3 is 2.35 bits per heavy atom. The Kier molecular flexibility index (Phi) is 7.77. The van der Waals surface area contributed by atoms with Crippen LogP contribution >= 0.6 is 0 Å². The van der Waals surface area contributed by atoms with E-state index in [0.717, 1.165) is 5.56 Å². The molecule has 0 aliphatic rings. The Hall–Kier alpha value is -4.13. The van der Waals surface area contributed by atoms with E-state index >= 15 is 0 Å². The summed E-state index contributed by atoms with van der Waals surface area (Å²) >= 11 is 0. The van der Waals surface area contributed by atoms with Crippen molar-refractivity contribution < 1.29 is 23.8 Å². The molecule has 0 aliphatic heterocycles. The number of nitrogens with zero attached hydrogens (tertiary/aromatic N) is 1. The van der Waals surface area contributed by atoms with Gasteiger partial charge in [-0.2, -0.15) is 5.10 Å². The molecule has 0 spiro atoms. The van der Waals surface area contributed by atoms with Crippen LogP contribution in [-0.4, -0.2) is 24.9 Å². The fourth-order valence-electron chi connectivity index (χ4n) is 2.61. The molecule has 0 bridgehead atoms. The molecule has 7 nitrogen and oxygen atoms in total. The average molecular weight is 418 g/mol. The van der Waals surface area contributed by atoms with Gasteiger partial charge in [-0.3, -0.25) is 0 Å². The Bertz CT molecular complexity index is 1040. The summed E-state index contributed by atoms with van der Waals surface area (Å²) in [6, 6.07) is 23.0. The number of hydrogen-bond acceptors (Lipinski definition) is 6. The van der Waals surface area contributed by atoms with Crippen molar-refractivity contribution in [2.45, 2.75) is 13.5 Å². The molecule has 0 fully saturated rings. The molecule has 7 heteroatoms. The molecule has 0 saturated carbocycles. The predicted octanol–water partition coefficient (Wildman–Crippen LogP) is 4.56. The fourth-order valence-corrected chi connectivity index (χ4v) is 2.61. The Morgan fingerprint density at radius 1 is 0.935 bits per heavy atom. The van der Waals surface area contributed by atoms with Gasteiger partial charge in [0.2, 0.25) is 0 Å². The second-order valence-corrected chi connectivity index (χ2v) is 6.33. The summed E-state index contributed by atoms with van der Waals surface area (Å²) in [7, 11) is 0. The van der Waals surface area contributed by atoms with Crippen molar-refractivity contribution >= 4 is 18.3 Å². The minimum Gasteiger partial charge on any atom is -0.490 e. The first-order valence-electron chi connectivity index (χ1n) is 9.69. The molecule has 1 amide bonds. The first kappa shape index (κ1) is 21.6. The van der Waals surface area contributed by atoms with E-state index in [-0.39, 0.29) is 6.61 Å². The lowest BCUT2D eigenvalue weighted by Gasteiger charge is -2.11. The van der Waals surface area contributed by atoms with E-state index in [1.807, 2.05) is 43.3 Å². The third-order valence-corrected chi connectivity index (χ3v) is 4.06. The number of hydrazone groups is 1. The third kappa shape index (κ3) is 6.71. The highest BCUT2D eigenvalue weighted by Crippen LogP contribution is 2.29. The van der Waals surface area contributed by atoms with E-state index in [0.29, 0.717) is 29.2 Å². The molecule has 0 unspecified atom stereocenters. The Balaban J connectivity index is 1.59. The van der Waals surface area contributed by atoms with Crippen molar-refractivity contribution in [1.82, 2.24) is 5.43 Å². The van der Waals surface area contributed by atoms with E-state index in [4.69, 9.17) is 14.2 Å². The van der Waals surface area contributed by atoms with E-state index in [2.05, 4.69) is 10.5 Å². The van der Waals surface area contributed by atoms with Crippen molar-refractivity contribution in [2.75, 3.05) is 6.61 Å². The molecule has 3 aromatic rings. The molecule has 1 N–H and O–H groups in total. The quantitative estimate of drug-likeness (QED) is 0.251. The second kappa shape index (κ2) is 11.2. The van der Waals surface area contributed by atoms with Crippen molar-refractivity contribution in [3.63, 3.8) is 0 Å². The maximum atomic E-state index is 12.3. The molecule has 0 atom stereocenters. The first-order chi connectivity index (χ1) is 15.2. The second-order valence-electron chi connectivity index (χ2n) is 6.33. The molecule has 0 heterocycles. The highest BCUT2D eigenvalue weighted by molar-refractivity contribution is 5.91. The number of carbonyl (C=O) groups excluding carboxylic acids is 2. The first-order valence-corrected chi connectivity index (χ1v) is 9.69. The molecule has 0 aliphatic carbocycles. The molecule has 0 saturated heterocycles. The average Bonchev–Trinajstić information content (AvgIpc) is 2.80. The highest BCUT2D eigenvalue weighted by atomic mass is 16.6. The number of amides is 1. The van der Waals surface area contributed by atoms with Crippen LogP contribution in [0.25, 0.3) is 0 Å². The monoisotopic (exact) mass is 418 g/mol. The van der Waals surface area contributed by atoms with Gasteiger partial charge in [0, 0.05) is 0 Å². The number of ether oxygens (including phenoxy) is 3. The minimum absolute atomic E-state index is 0.151. The number of nitrogens with one attached hydrogen (secondary N) is 1. The smallest absolute Gasteiger partial charge is 0.428 e. The van der Waals surface area contributed by atoms with Crippen LogP contribution in [0.4, 0.5) is 4.79 Å². The molecular formula is C24H22N2O5. The van der Waals surface area contributed by atoms with Crippen LogP contribution in [0.5, 0.6) is 11.5 Å². The molecule has 3 aromatic carbocycles. The fraction of sp³-hybridized carbons (Fsp3) is 0.125. The maximum absolute atomic E-state index is 12.3. The van der Waals surface area contributed by atoms with Gasteiger partial charge in [0.1, 0.15) is 6.61 Å². The summed E-state index contributed by atoms with van der Waals surface area (Å²) in [6.45, 7) is 2.37. The lowest BCUT2D eigenvalue weighted by atomic mass is 10.2. The van der Waals surface area contributed by atoms with Crippen LogP contribution in [0.15, 0.2) is 84.0 Å². The molecule has 3 rings (SSSR count). The standard InChI is InChI=1S/C24H22N2O5/c1-2-29-22-15-19(13-14-21(22)31-23(27)20-11-7-4-8-12-20)16-25-26-24(28)30-17-18-9-5-3-6-10-18/h3-16H,2,17H2,1H3,(H,26,28)/b25-16+. The topological polar surface area (TPSA) is 86.2 Å². The van der Waals surface area contributed by atoms with Gasteiger partial charge in [0.15, 0.2) is 11.5 Å². The van der Waals surface area contributed by atoms with Gasteiger partial charge in [-0.05, 0) is 48.4 Å². The Morgan fingerprint density at radius 2 is 1.65 bits per heavy atom. The predicted molar refractivity (Wildman–Crippen MR) is 116 cm³/mol. The van der Waals surface area contributed by atoms with Crippen LogP contribution < -0.4 is 14.9 Å². The lowest BCUT2D eigenvalue weighted by molar-refractivity contribution is 0.0728. The van der Waals surface area contributed by atoms with E-state index in [1.165, 1.54) is 6.21 Å². The molecule has 0 aromatic heterocycles. The van der Waals surface area contributed by atoms with Crippen LogP contribution in [0.3, 0.4) is 0 Å². The highest BCUT2D eigenvalue weighted by Gasteiger charge is 2.13. The van der Waals surface area contributed by atoms with Gasteiger partial charge in [-0.25, -0.2) is 15.0 Å². The third-order valence-electron chi connectivity index (χ3n) is 4.06.